The summed E-state index contributed by atoms with van der Waals surface area (Å²) in [6.07, 6.45) is 3.33. The number of rotatable bonds is 5. The predicted molar refractivity (Wildman–Crippen MR) is 104 cm³/mol. The number of nitrogens with one attached hydrogen (secondary N) is 1. The zero-order valence-corrected chi connectivity index (χ0v) is 15.1. The molecule has 1 N–H and O–H groups in total. The lowest BCUT2D eigenvalue weighted by Crippen LogP contribution is -2.19. The summed E-state index contributed by atoms with van der Waals surface area (Å²) in [5.41, 5.74) is 4.00. The predicted octanol–water partition coefficient (Wildman–Crippen LogP) is 4.65. The second kappa shape index (κ2) is 7.75. The minimum Gasteiger partial charge on any atom is -0.371 e. The number of amides is 1. The van der Waals surface area contributed by atoms with E-state index >= 15 is 0 Å². The Morgan fingerprint density at radius 1 is 1.17 bits per heavy atom. The molecule has 0 aliphatic carbocycles. The van der Waals surface area contributed by atoms with Gasteiger partial charge in [0.05, 0.1) is 0 Å². The van der Waals surface area contributed by atoms with E-state index in [-0.39, 0.29) is 5.91 Å². The highest BCUT2D eigenvalue weighted by Gasteiger charge is 2.18. The number of benzene rings is 2. The summed E-state index contributed by atoms with van der Waals surface area (Å²) in [5.74, 6) is 1.67. The van der Waals surface area contributed by atoms with Gasteiger partial charge in [-0.15, -0.1) is 0 Å². The molecule has 1 aliphatic heterocycles. The number of carbonyl (C=O) groups excluding carboxylic acids is 1. The van der Waals surface area contributed by atoms with Gasteiger partial charge in [-0.1, -0.05) is 19.1 Å². The Morgan fingerprint density at radius 2 is 1.88 bits per heavy atom. The van der Waals surface area contributed by atoms with Crippen LogP contribution >= 0.6 is 11.8 Å². The lowest BCUT2D eigenvalue weighted by atomic mass is 10.1. The molecule has 1 heterocycles. The third-order valence-electron chi connectivity index (χ3n) is 4.44. The maximum absolute atomic E-state index is 12.3. The molecule has 24 heavy (non-hydrogen) atoms. The molecule has 126 valence electrons. The molecule has 3 nitrogen and oxygen atoms in total. The molecule has 0 aromatic heterocycles. The van der Waals surface area contributed by atoms with E-state index in [0.29, 0.717) is 5.56 Å². The smallest absolute Gasteiger partial charge is 0.255 e. The summed E-state index contributed by atoms with van der Waals surface area (Å²) in [7, 11) is 0. The maximum Gasteiger partial charge on any atom is 0.255 e. The first kappa shape index (κ1) is 16.9. The number of nitrogens with zero attached hydrogens (tertiary/aromatic N) is 1. The second-order valence-electron chi connectivity index (χ2n) is 6.47. The lowest BCUT2D eigenvalue weighted by Gasteiger charge is -2.18. The van der Waals surface area contributed by atoms with Gasteiger partial charge in [0.1, 0.15) is 0 Å². The molecule has 1 amide bonds. The maximum atomic E-state index is 12.3. The molecule has 0 saturated carbocycles. The van der Waals surface area contributed by atoms with Gasteiger partial charge in [-0.2, -0.15) is 11.8 Å². The van der Waals surface area contributed by atoms with Crippen molar-refractivity contribution in [1.82, 2.24) is 0 Å². The fourth-order valence-corrected chi connectivity index (χ4v) is 3.57. The summed E-state index contributed by atoms with van der Waals surface area (Å²) in [5, 5.41) is 2.97. The van der Waals surface area contributed by atoms with Crippen molar-refractivity contribution in [2.75, 3.05) is 29.6 Å². The zero-order chi connectivity index (χ0) is 16.9. The van der Waals surface area contributed by atoms with E-state index in [1.165, 1.54) is 17.7 Å². The van der Waals surface area contributed by atoms with Crippen molar-refractivity contribution in [2.45, 2.75) is 19.1 Å². The number of hydrogen-bond acceptors (Lipinski definition) is 3. The molecule has 1 saturated heterocycles. The first-order chi connectivity index (χ1) is 11.7. The van der Waals surface area contributed by atoms with Crippen molar-refractivity contribution in [1.29, 1.82) is 0 Å². The van der Waals surface area contributed by atoms with Crippen LogP contribution in [0.25, 0.3) is 0 Å². The monoisotopic (exact) mass is 340 g/mol. The Balaban J connectivity index is 1.61. The van der Waals surface area contributed by atoms with Crippen LogP contribution in [-0.4, -0.2) is 25.3 Å². The fourth-order valence-electron chi connectivity index (χ4n) is 3.05. The number of anilines is 2. The summed E-state index contributed by atoms with van der Waals surface area (Å²) in [4.78, 5) is 14.7. The van der Waals surface area contributed by atoms with Gasteiger partial charge in [0.25, 0.3) is 5.91 Å². The van der Waals surface area contributed by atoms with Crippen LogP contribution in [0, 0.1) is 5.92 Å². The Morgan fingerprint density at radius 3 is 2.46 bits per heavy atom. The van der Waals surface area contributed by atoms with Crippen LogP contribution in [0.4, 0.5) is 11.4 Å². The summed E-state index contributed by atoms with van der Waals surface area (Å²) in [6.45, 7) is 4.53. The van der Waals surface area contributed by atoms with Crippen LogP contribution in [0.15, 0.2) is 48.5 Å². The standard InChI is InChI=1S/C20H24N2OS/c1-15-11-12-22(13-15)19-9-7-18(8-10-19)21-20(23)17-5-3-16(4-6-17)14-24-2/h3-10,15H,11-14H2,1-2H3,(H,21,23). The SMILES string of the molecule is CSCc1ccc(C(=O)Nc2ccc(N3CCC(C)C3)cc2)cc1. The van der Waals surface area contributed by atoms with Crippen molar-refractivity contribution >= 4 is 29.0 Å². The quantitative estimate of drug-likeness (QED) is 0.860. The van der Waals surface area contributed by atoms with Gasteiger partial charge in [-0.25, -0.2) is 0 Å². The van der Waals surface area contributed by atoms with Gasteiger partial charge in [-0.05, 0) is 60.6 Å². The number of hydrogen-bond donors (Lipinski definition) is 1. The van der Waals surface area contributed by atoms with Gasteiger partial charge in [0, 0.05) is 35.8 Å². The number of carbonyl (C=O) groups is 1. The molecule has 0 spiro atoms. The average Bonchev–Trinajstić information content (AvgIpc) is 3.03. The van der Waals surface area contributed by atoms with Gasteiger partial charge in [-0.3, -0.25) is 4.79 Å². The van der Waals surface area contributed by atoms with E-state index in [1.54, 1.807) is 11.8 Å². The van der Waals surface area contributed by atoms with Gasteiger partial charge in [0.15, 0.2) is 0 Å². The average molecular weight is 340 g/mol. The Hall–Kier alpha value is -1.94. The van der Waals surface area contributed by atoms with E-state index in [4.69, 9.17) is 0 Å². The van der Waals surface area contributed by atoms with Crippen LogP contribution in [0.1, 0.15) is 29.3 Å². The van der Waals surface area contributed by atoms with E-state index in [0.717, 1.165) is 30.4 Å². The fraction of sp³-hybridized carbons (Fsp3) is 0.350. The van der Waals surface area contributed by atoms with E-state index in [2.05, 4.69) is 35.5 Å². The Bertz CT molecular complexity index is 682. The normalized spacial score (nSPS) is 17.1. The van der Waals surface area contributed by atoms with Crippen LogP contribution in [0.3, 0.4) is 0 Å². The second-order valence-corrected chi connectivity index (χ2v) is 7.34. The molecule has 1 fully saturated rings. The Kier molecular flexibility index (Phi) is 5.46. The van der Waals surface area contributed by atoms with Crippen molar-refractivity contribution in [3.05, 3.63) is 59.7 Å². The minimum atomic E-state index is -0.0618. The van der Waals surface area contributed by atoms with Crippen LogP contribution in [-0.2, 0) is 5.75 Å². The molecule has 3 rings (SSSR count). The molecule has 4 heteroatoms. The highest BCUT2D eigenvalue weighted by Crippen LogP contribution is 2.25. The van der Waals surface area contributed by atoms with Crippen LogP contribution in [0.2, 0.25) is 0 Å². The summed E-state index contributed by atoms with van der Waals surface area (Å²) in [6, 6.07) is 16.0. The molecule has 2 aromatic carbocycles. The first-order valence-electron chi connectivity index (χ1n) is 8.40. The molecule has 1 atom stereocenters. The van der Waals surface area contributed by atoms with E-state index < -0.39 is 0 Å². The third-order valence-corrected chi connectivity index (χ3v) is 5.06. The van der Waals surface area contributed by atoms with Crippen LogP contribution < -0.4 is 10.2 Å². The van der Waals surface area contributed by atoms with Crippen molar-refractivity contribution in [2.24, 2.45) is 5.92 Å². The van der Waals surface area contributed by atoms with E-state index in [9.17, 15) is 4.79 Å². The molecular weight excluding hydrogens is 316 g/mol. The van der Waals surface area contributed by atoms with Gasteiger partial charge in [0.2, 0.25) is 0 Å². The first-order valence-corrected chi connectivity index (χ1v) is 9.79. The molecule has 0 radical (unpaired) electrons. The zero-order valence-electron chi connectivity index (χ0n) is 14.3. The number of thioether (sulfide) groups is 1. The van der Waals surface area contributed by atoms with Gasteiger partial charge >= 0.3 is 0 Å². The minimum absolute atomic E-state index is 0.0618. The van der Waals surface area contributed by atoms with E-state index in [1.807, 2.05) is 36.4 Å². The largest absolute Gasteiger partial charge is 0.371 e. The van der Waals surface area contributed by atoms with Crippen molar-refractivity contribution in [3.8, 4) is 0 Å². The third kappa shape index (κ3) is 4.12. The van der Waals surface area contributed by atoms with Gasteiger partial charge < -0.3 is 10.2 Å². The van der Waals surface area contributed by atoms with Crippen molar-refractivity contribution < 1.29 is 4.79 Å². The highest BCUT2D eigenvalue weighted by molar-refractivity contribution is 7.97. The summed E-state index contributed by atoms with van der Waals surface area (Å²) >= 11 is 1.78. The molecular formula is C20H24N2OS. The molecule has 1 aliphatic rings. The molecule has 2 aromatic rings. The highest BCUT2D eigenvalue weighted by atomic mass is 32.2. The lowest BCUT2D eigenvalue weighted by molar-refractivity contribution is 0.102. The van der Waals surface area contributed by atoms with Crippen molar-refractivity contribution in [3.63, 3.8) is 0 Å². The molecule has 0 bridgehead atoms. The Labute approximate surface area is 148 Å². The summed E-state index contributed by atoms with van der Waals surface area (Å²) < 4.78 is 0. The molecule has 1 unspecified atom stereocenters. The topological polar surface area (TPSA) is 32.3 Å². The van der Waals surface area contributed by atoms with Crippen LogP contribution in [0.5, 0.6) is 0 Å².